The molecule has 0 aliphatic heterocycles. The zero-order chi connectivity index (χ0) is 10.4. The van der Waals surface area contributed by atoms with E-state index in [1.807, 2.05) is 0 Å². The van der Waals surface area contributed by atoms with Gasteiger partial charge in [0.15, 0.2) is 0 Å². The van der Waals surface area contributed by atoms with Gasteiger partial charge in [-0.1, -0.05) is 6.92 Å². The van der Waals surface area contributed by atoms with E-state index >= 15 is 0 Å². The summed E-state index contributed by atoms with van der Waals surface area (Å²) in [7, 11) is -5.39. The number of rotatable bonds is 2. The number of carbonyl (C=O) groups excluding carboxylic acids is 1. The Morgan fingerprint density at radius 3 is 1.38 bits per heavy atom. The third-order valence-corrected chi connectivity index (χ3v) is 0.659. The normalized spacial score (nSPS) is 9.56. The molecule has 0 aromatic carbocycles. The van der Waals surface area contributed by atoms with Gasteiger partial charge in [0, 0.05) is 0 Å². The summed E-state index contributed by atoms with van der Waals surface area (Å²) in [4.78, 5) is 35.2. The van der Waals surface area contributed by atoms with E-state index < -0.39 is 19.9 Å². The molecule has 0 aliphatic carbocycles. The second-order valence-corrected chi connectivity index (χ2v) is 2.58. The van der Waals surface area contributed by atoms with Crippen LogP contribution in [0.25, 0.3) is 0 Å². The molecule has 1 unspecified atom stereocenters. The van der Waals surface area contributed by atoms with Gasteiger partial charge in [0.1, 0.15) is 0 Å². The van der Waals surface area contributed by atoms with Crippen molar-refractivity contribution in [2.75, 3.05) is 0 Å². The van der Waals surface area contributed by atoms with Gasteiger partial charge in [-0.15, -0.1) is 0 Å². The minimum atomic E-state index is -5.39. The summed E-state index contributed by atoms with van der Waals surface area (Å²) in [6.45, 7) is 1.57. The maximum atomic E-state index is 9.57. The monoisotopic (exact) mass is 290 g/mol. The number of carboxylic acid groups (broad SMARTS) is 1. The fourth-order valence-corrected chi connectivity index (χ4v) is 0.167. The molecule has 0 spiro atoms. The SMILES string of the molecule is CCC(O)C(=O)[O-].O=P([O-])([O-])[O-].[Na+].[Na+].[Na+].[Na+]. The van der Waals surface area contributed by atoms with E-state index in [1.54, 1.807) is 6.92 Å². The molecule has 1 atom stereocenters. The Balaban J connectivity index is -0.0000000258. The van der Waals surface area contributed by atoms with Crippen LogP contribution >= 0.6 is 7.82 Å². The van der Waals surface area contributed by atoms with Crippen molar-refractivity contribution in [3.8, 4) is 0 Å². The van der Waals surface area contributed by atoms with Crippen LogP contribution in [0.3, 0.4) is 0 Å². The number of aliphatic hydroxyl groups is 1. The van der Waals surface area contributed by atoms with Crippen molar-refractivity contribution in [2.24, 2.45) is 0 Å². The van der Waals surface area contributed by atoms with E-state index in [4.69, 9.17) is 24.4 Å². The van der Waals surface area contributed by atoms with Crippen molar-refractivity contribution in [2.45, 2.75) is 19.4 Å². The summed E-state index contributed by atoms with van der Waals surface area (Å²) in [6.07, 6.45) is -1.08. The molecule has 0 aliphatic rings. The zero-order valence-electron chi connectivity index (χ0n) is 10.1. The average Bonchev–Trinajstić information content (AvgIpc) is 1.82. The Morgan fingerprint density at radius 1 is 1.19 bits per heavy atom. The van der Waals surface area contributed by atoms with Gasteiger partial charge in [0.05, 0.1) is 12.1 Å². The van der Waals surface area contributed by atoms with Crippen LogP contribution in [0.4, 0.5) is 0 Å². The fraction of sp³-hybridized carbons (Fsp3) is 0.750. The molecule has 0 bridgehead atoms. The molecular weight excluding hydrogens is 283 g/mol. The molecule has 12 heteroatoms. The largest absolute Gasteiger partial charge is 1.00 e. The predicted octanol–water partition coefficient (Wildman–Crippen LogP) is -16.3. The molecule has 7 nitrogen and oxygen atoms in total. The summed E-state index contributed by atoms with van der Waals surface area (Å²) in [5.41, 5.74) is 0. The number of aliphatic carboxylic acids is 1. The van der Waals surface area contributed by atoms with Crippen LogP contribution in [-0.4, -0.2) is 17.2 Å². The van der Waals surface area contributed by atoms with Crippen molar-refractivity contribution in [3.63, 3.8) is 0 Å². The first-order valence-electron chi connectivity index (χ1n) is 2.80. The van der Waals surface area contributed by atoms with Crippen molar-refractivity contribution in [3.05, 3.63) is 0 Å². The van der Waals surface area contributed by atoms with Crippen LogP contribution in [0.5, 0.6) is 0 Å². The summed E-state index contributed by atoms with van der Waals surface area (Å²) in [5, 5.41) is 17.8. The molecular formula is C4H7Na4O7P. The Bertz CT molecular complexity index is 177. The molecule has 0 aromatic rings. The second-order valence-electron chi connectivity index (χ2n) is 1.69. The standard InChI is InChI=1S/C4H8O3.4Na.H3O4P/c1-2-3(5)4(6)7;;;;;1-5(2,3)4/h3,5H,2H2,1H3,(H,6,7);;;;;(H3,1,2,3,4)/q;4*+1;/p-4. The van der Waals surface area contributed by atoms with Gasteiger partial charge in [-0.2, -0.15) is 7.82 Å². The minimum Gasteiger partial charge on any atom is -0.822 e. The third kappa shape index (κ3) is 52.7. The molecule has 0 rings (SSSR count). The van der Waals surface area contributed by atoms with E-state index in [0.29, 0.717) is 0 Å². The van der Waals surface area contributed by atoms with Crippen LogP contribution < -0.4 is 138 Å². The maximum absolute atomic E-state index is 9.57. The Labute approximate surface area is 182 Å². The first-order valence-corrected chi connectivity index (χ1v) is 4.26. The molecule has 16 heavy (non-hydrogen) atoms. The Kier molecular flexibility index (Phi) is 47.7. The van der Waals surface area contributed by atoms with Crippen LogP contribution in [0, 0.1) is 0 Å². The Morgan fingerprint density at radius 2 is 1.38 bits per heavy atom. The molecule has 0 aromatic heterocycles. The quantitative estimate of drug-likeness (QED) is 0.392. The topological polar surface area (TPSA) is 147 Å². The molecule has 0 amide bonds. The first-order chi connectivity index (χ1) is 5.18. The van der Waals surface area contributed by atoms with Gasteiger partial charge in [-0.3, -0.25) is 0 Å². The first kappa shape index (κ1) is 36.6. The molecule has 74 valence electrons. The smallest absolute Gasteiger partial charge is 0.822 e. The van der Waals surface area contributed by atoms with E-state index in [2.05, 4.69) is 0 Å². The van der Waals surface area contributed by atoms with Crippen LogP contribution in [0.15, 0.2) is 0 Å². The molecule has 0 radical (unpaired) electrons. The zero-order valence-corrected chi connectivity index (χ0v) is 19.0. The molecule has 1 N–H and O–H groups in total. The molecule has 0 heterocycles. The third-order valence-electron chi connectivity index (χ3n) is 0.659. The van der Waals surface area contributed by atoms with E-state index in [9.17, 15) is 9.90 Å². The summed E-state index contributed by atoms with van der Waals surface area (Å²) in [6, 6.07) is 0. The molecule has 0 fully saturated rings. The van der Waals surface area contributed by atoms with Crippen molar-refractivity contribution < 1.29 is 152 Å². The van der Waals surface area contributed by atoms with E-state index in [0.717, 1.165) is 0 Å². The number of phosphoric acid groups is 1. The average molecular weight is 290 g/mol. The minimum absolute atomic E-state index is 0. The van der Waals surface area contributed by atoms with Crippen LogP contribution in [0.1, 0.15) is 13.3 Å². The van der Waals surface area contributed by atoms with Crippen LogP contribution in [0.2, 0.25) is 0 Å². The molecule has 0 saturated heterocycles. The molecule has 0 saturated carbocycles. The van der Waals surface area contributed by atoms with E-state index in [1.165, 1.54) is 0 Å². The number of hydrogen-bond donors (Lipinski definition) is 1. The van der Waals surface area contributed by atoms with Crippen molar-refractivity contribution >= 4 is 13.8 Å². The summed E-state index contributed by atoms with van der Waals surface area (Å²) >= 11 is 0. The fourth-order valence-electron chi connectivity index (χ4n) is 0.167. The van der Waals surface area contributed by atoms with Gasteiger partial charge in [-0.25, -0.2) is 0 Å². The second kappa shape index (κ2) is 20.8. The maximum Gasteiger partial charge on any atom is 1.00 e. The van der Waals surface area contributed by atoms with Crippen LogP contribution in [-0.2, 0) is 9.36 Å². The predicted molar refractivity (Wildman–Crippen MR) is 28.9 cm³/mol. The number of carbonyl (C=O) groups is 1. The van der Waals surface area contributed by atoms with Crippen molar-refractivity contribution in [1.82, 2.24) is 0 Å². The van der Waals surface area contributed by atoms with Crippen molar-refractivity contribution in [1.29, 1.82) is 0 Å². The van der Waals surface area contributed by atoms with Gasteiger partial charge >= 0.3 is 118 Å². The van der Waals surface area contributed by atoms with E-state index in [-0.39, 0.29) is 125 Å². The summed E-state index contributed by atoms with van der Waals surface area (Å²) in [5.74, 6) is -1.40. The van der Waals surface area contributed by atoms with Gasteiger partial charge in [0.2, 0.25) is 0 Å². The summed E-state index contributed by atoms with van der Waals surface area (Å²) < 4.78 is 8.55. The van der Waals surface area contributed by atoms with Gasteiger partial charge in [-0.05, 0) is 6.42 Å². The van der Waals surface area contributed by atoms with Gasteiger partial charge in [0.25, 0.3) is 0 Å². The number of carboxylic acids is 1. The van der Waals surface area contributed by atoms with Gasteiger partial charge < -0.3 is 34.3 Å². The number of aliphatic hydroxyl groups excluding tert-OH is 1. The Hall–Kier alpha value is 3.54. The number of hydrogen-bond acceptors (Lipinski definition) is 7.